The van der Waals surface area contributed by atoms with Gasteiger partial charge in [-0.2, -0.15) is 0 Å². The molecule has 1 aliphatic rings. The predicted molar refractivity (Wildman–Crippen MR) is 85.6 cm³/mol. The second-order valence-electron chi connectivity index (χ2n) is 5.30. The fraction of sp³-hybridized carbons (Fsp3) is 0.615. The van der Waals surface area contributed by atoms with Gasteiger partial charge in [0.15, 0.2) is 5.96 Å². The molecular weight excluding hydrogens is 308 g/mol. The van der Waals surface area contributed by atoms with Crippen LogP contribution >= 0.6 is 11.3 Å². The second kappa shape index (κ2) is 7.24. The lowest BCUT2D eigenvalue weighted by molar-refractivity contribution is 0.530. The van der Waals surface area contributed by atoms with Crippen molar-refractivity contribution in [1.29, 1.82) is 0 Å². The summed E-state index contributed by atoms with van der Waals surface area (Å²) in [5.41, 5.74) is 5.90. The lowest BCUT2D eigenvalue weighted by atomic mass is 10.1. The maximum absolute atomic E-state index is 11.2. The molecule has 0 aromatic carbocycles. The van der Waals surface area contributed by atoms with E-state index in [-0.39, 0.29) is 4.21 Å². The Hall–Kier alpha value is -1.12. The first kappa shape index (κ1) is 16.3. The molecule has 0 saturated heterocycles. The molecule has 0 bridgehead atoms. The molecule has 0 spiro atoms. The lowest BCUT2D eigenvalue weighted by Gasteiger charge is -2.16. The van der Waals surface area contributed by atoms with Crippen LogP contribution in [0.3, 0.4) is 0 Å². The summed E-state index contributed by atoms with van der Waals surface area (Å²) < 4.78 is 22.5. The molecule has 1 aromatic heterocycles. The highest BCUT2D eigenvalue weighted by Crippen LogP contribution is 2.21. The molecule has 1 aliphatic carbocycles. The number of nitrogens with one attached hydrogen (secondary N) is 1. The van der Waals surface area contributed by atoms with Crippen LogP contribution in [0.25, 0.3) is 0 Å². The zero-order chi connectivity index (χ0) is 15.3. The van der Waals surface area contributed by atoms with E-state index in [4.69, 9.17) is 10.9 Å². The SMILES string of the molecule is NC(=NCc1ccc(S(N)(=O)=O)s1)NC1CCCCCC1. The summed E-state index contributed by atoms with van der Waals surface area (Å²) in [6, 6.07) is 3.62. The maximum Gasteiger partial charge on any atom is 0.247 e. The van der Waals surface area contributed by atoms with Crippen LogP contribution in [0, 0.1) is 0 Å². The molecule has 0 amide bonds. The minimum absolute atomic E-state index is 0.156. The number of nitrogens with zero attached hydrogens (tertiary/aromatic N) is 1. The highest BCUT2D eigenvalue weighted by atomic mass is 32.2. The lowest BCUT2D eigenvalue weighted by Crippen LogP contribution is -2.39. The van der Waals surface area contributed by atoms with Crippen LogP contribution in [0.1, 0.15) is 43.4 Å². The van der Waals surface area contributed by atoms with Crippen molar-refractivity contribution in [1.82, 2.24) is 5.32 Å². The fourth-order valence-corrected chi connectivity index (χ4v) is 4.14. The van der Waals surface area contributed by atoms with Crippen LogP contribution in [-0.4, -0.2) is 20.4 Å². The van der Waals surface area contributed by atoms with E-state index in [2.05, 4.69) is 10.3 Å². The molecule has 118 valence electrons. The predicted octanol–water partition coefficient (Wildman–Crippen LogP) is 1.52. The van der Waals surface area contributed by atoms with Gasteiger partial charge in [-0.15, -0.1) is 11.3 Å². The highest BCUT2D eigenvalue weighted by molar-refractivity contribution is 7.91. The first-order valence-electron chi connectivity index (χ1n) is 7.13. The van der Waals surface area contributed by atoms with Crippen LogP contribution in [0.15, 0.2) is 21.3 Å². The van der Waals surface area contributed by atoms with Crippen molar-refractivity contribution in [3.63, 3.8) is 0 Å². The molecular formula is C13H22N4O2S2. The van der Waals surface area contributed by atoms with Gasteiger partial charge in [-0.25, -0.2) is 18.5 Å². The summed E-state index contributed by atoms with van der Waals surface area (Å²) in [5, 5.41) is 8.33. The molecule has 1 saturated carbocycles. The van der Waals surface area contributed by atoms with E-state index >= 15 is 0 Å². The average Bonchev–Trinajstić information content (AvgIpc) is 2.76. The summed E-state index contributed by atoms with van der Waals surface area (Å²) in [7, 11) is -3.62. The van der Waals surface area contributed by atoms with E-state index in [1.807, 2.05) is 0 Å². The van der Waals surface area contributed by atoms with Gasteiger partial charge in [0.2, 0.25) is 10.0 Å². The molecule has 1 aromatic rings. The van der Waals surface area contributed by atoms with E-state index < -0.39 is 10.0 Å². The average molecular weight is 330 g/mol. The zero-order valence-electron chi connectivity index (χ0n) is 11.9. The second-order valence-corrected chi connectivity index (χ2v) is 8.26. The van der Waals surface area contributed by atoms with Gasteiger partial charge in [-0.3, -0.25) is 0 Å². The summed E-state index contributed by atoms with van der Waals surface area (Å²) in [4.78, 5) is 5.10. The van der Waals surface area contributed by atoms with Crippen LogP contribution in [0.5, 0.6) is 0 Å². The van der Waals surface area contributed by atoms with E-state index in [0.29, 0.717) is 18.5 Å². The normalized spacial score (nSPS) is 18.4. The Morgan fingerprint density at radius 3 is 2.52 bits per heavy atom. The Kier molecular flexibility index (Phi) is 5.60. The molecule has 1 heterocycles. The topological polar surface area (TPSA) is 111 Å². The largest absolute Gasteiger partial charge is 0.370 e. The molecule has 5 N–H and O–H groups in total. The molecule has 6 nitrogen and oxygen atoms in total. The Bertz CT molecular complexity index is 587. The first-order chi connectivity index (χ1) is 9.95. The number of sulfonamides is 1. The van der Waals surface area contributed by atoms with Gasteiger partial charge in [-0.1, -0.05) is 25.7 Å². The molecule has 0 unspecified atom stereocenters. The summed E-state index contributed by atoms with van der Waals surface area (Å²) in [5.74, 6) is 0.424. The van der Waals surface area contributed by atoms with E-state index in [0.717, 1.165) is 29.1 Å². The third-order valence-corrected chi connectivity index (χ3v) is 6.04. The monoisotopic (exact) mass is 330 g/mol. The molecule has 0 atom stereocenters. The van der Waals surface area contributed by atoms with E-state index in [1.165, 1.54) is 31.7 Å². The minimum Gasteiger partial charge on any atom is -0.370 e. The number of aliphatic imine (C=N–C) groups is 1. The van der Waals surface area contributed by atoms with Crippen molar-refractivity contribution in [3.05, 3.63) is 17.0 Å². The van der Waals surface area contributed by atoms with Gasteiger partial charge in [0.1, 0.15) is 4.21 Å². The van der Waals surface area contributed by atoms with Crippen LogP contribution < -0.4 is 16.2 Å². The third kappa shape index (κ3) is 5.29. The maximum atomic E-state index is 11.2. The molecule has 21 heavy (non-hydrogen) atoms. The molecule has 0 aliphatic heterocycles. The highest BCUT2D eigenvalue weighted by Gasteiger charge is 2.13. The molecule has 1 fully saturated rings. The number of primary sulfonamides is 1. The van der Waals surface area contributed by atoms with Crippen LogP contribution in [0.2, 0.25) is 0 Å². The quantitative estimate of drug-likeness (QED) is 0.441. The minimum atomic E-state index is -3.62. The summed E-state index contributed by atoms with van der Waals surface area (Å²) in [6.07, 6.45) is 7.30. The van der Waals surface area contributed by atoms with Crippen molar-refractivity contribution in [3.8, 4) is 0 Å². The summed E-state index contributed by atoms with van der Waals surface area (Å²) in [6.45, 7) is 0.367. The molecule has 8 heteroatoms. The standard InChI is InChI=1S/C13H22N4O2S2/c14-13(17-10-5-3-1-2-4-6-10)16-9-11-7-8-12(20-11)21(15,18)19/h7-8,10H,1-6,9H2,(H3,14,16,17)(H2,15,18,19). The fourth-order valence-electron chi connectivity index (χ4n) is 2.44. The van der Waals surface area contributed by atoms with E-state index in [9.17, 15) is 8.42 Å². The van der Waals surface area contributed by atoms with Crippen molar-refractivity contribution in [2.75, 3.05) is 0 Å². The van der Waals surface area contributed by atoms with Gasteiger partial charge >= 0.3 is 0 Å². The van der Waals surface area contributed by atoms with Crippen molar-refractivity contribution in [2.24, 2.45) is 15.9 Å². The zero-order valence-corrected chi connectivity index (χ0v) is 13.5. The van der Waals surface area contributed by atoms with Gasteiger partial charge in [0.05, 0.1) is 6.54 Å². The number of hydrogen-bond acceptors (Lipinski definition) is 4. The molecule has 0 radical (unpaired) electrons. The molecule has 2 rings (SSSR count). The van der Waals surface area contributed by atoms with E-state index in [1.54, 1.807) is 6.07 Å². The number of nitrogens with two attached hydrogens (primary N) is 2. The van der Waals surface area contributed by atoms with Crippen molar-refractivity contribution >= 4 is 27.3 Å². The van der Waals surface area contributed by atoms with Crippen molar-refractivity contribution in [2.45, 2.75) is 55.3 Å². The summed E-state index contributed by atoms with van der Waals surface area (Å²) >= 11 is 1.13. The Balaban J connectivity index is 1.89. The van der Waals surface area contributed by atoms with Gasteiger partial charge in [0, 0.05) is 10.9 Å². The van der Waals surface area contributed by atoms with Crippen LogP contribution in [0.4, 0.5) is 0 Å². The van der Waals surface area contributed by atoms with Gasteiger partial charge in [-0.05, 0) is 25.0 Å². The Labute approximate surface area is 129 Å². The Morgan fingerprint density at radius 2 is 1.95 bits per heavy atom. The number of guanidine groups is 1. The first-order valence-corrected chi connectivity index (χ1v) is 9.49. The van der Waals surface area contributed by atoms with Crippen molar-refractivity contribution < 1.29 is 8.42 Å². The number of rotatable bonds is 4. The Morgan fingerprint density at radius 1 is 1.29 bits per heavy atom. The number of hydrogen-bond donors (Lipinski definition) is 3. The van der Waals surface area contributed by atoms with Crippen LogP contribution in [-0.2, 0) is 16.6 Å². The van der Waals surface area contributed by atoms with Gasteiger partial charge < -0.3 is 11.1 Å². The third-order valence-electron chi connectivity index (χ3n) is 3.53. The number of thiophene rings is 1. The smallest absolute Gasteiger partial charge is 0.247 e. The van der Waals surface area contributed by atoms with Gasteiger partial charge in [0.25, 0.3) is 0 Å².